The number of pyridine rings is 1. The van der Waals surface area contributed by atoms with Gasteiger partial charge in [-0.25, -0.2) is 5.56 Å². The standard InChI is InChI=1S/C17H11N.ClH.Pt/c1-2-7-14(8-3-1)15-9-6-10-16(13-15)17-11-4-5-12-18-17;;/h1-7,9-12H;1H;/q-2;;+1/p-1. The third-order valence-electron chi connectivity index (χ3n) is 2.74. The van der Waals surface area contributed by atoms with E-state index >= 15 is 0 Å². The molecule has 2 aromatic carbocycles. The summed E-state index contributed by atoms with van der Waals surface area (Å²) in [6.45, 7) is 0. The number of hydrogen-bond donors (Lipinski definition) is 0. The first-order chi connectivity index (χ1) is 9.93. The van der Waals surface area contributed by atoms with Gasteiger partial charge in [0.05, 0.1) is 0 Å². The van der Waals surface area contributed by atoms with Crippen molar-refractivity contribution < 1.29 is 18.8 Å². The molecule has 0 fully saturated rings. The van der Waals surface area contributed by atoms with Gasteiger partial charge in [-0.1, -0.05) is 12.1 Å². The largest absolute Gasteiger partial charge is 0.295 e. The Morgan fingerprint density at radius 3 is 2.25 bits per heavy atom. The number of benzene rings is 2. The van der Waals surface area contributed by atoms with Crippen LogP contribution >= 0.6 is 9.42 Å². The van der Waals surface area contributed by atoms with Crippen LogP contribution < -0.4 is 0 Å². The second-order valence-electron chi connectivity index (χ2n) is 3.97. The predicted octanol–water partition coefficient (Wildman–Crippen LogP) is 4.70. The van der Waals surface area contributed by atoms with E-state index in [9.17, 15) is 0 Å². The maximum absolute atomic E-state index is 4.61. The van der Waals surface area contributed by atoms with Crippen LogP contribution in [0.4, 0.5) is 0 Å². The van der Waals surface area contributed by atoms with Crippen molar-refractivity contribution in [1.82, 2.24) is 4.98 Å². The van der Waals surface area contributed by atoms with Gasteiger partial charge in [-0.15, -0.1) is 23.8 Å². The van der Waals surface area contributed by atoms with Gasteiger partial charge in [-0.2, -0.15) is 42.0 Å². The van der Waals surface area contributed by atoms with Crippen molar-refractivity contribution in [2.45, 2.75) is 0 Å². The zero-order valence-electron chi connectivity index (χ0n) is 10.5. The number of rotatable bonds is 2. The molecule has 0 bridgehead atoms. The first-order valence-corrected chi connectivity index (χ1v) is 8.78. The van der Waals surface area contributed by atoms with E-state index in [2.05, 4.69) is 26.5 Å². The van der Waals surface area contributed by atoms with Crippen molar-refractivity contribution in [3.63, 3.8) is 0 Å². The number of halogens is 1. The Balaban J connectivity index is 0.000000704. The minimum atomic E-state index is 0.940. The molecule has 3 rings (SSSR count). The Labute approximate surface area is 134 Å². The molecule has 103 valence electrons. The predicted molar refractivity (Wildman–Crippen MR) is 78.6 cm³/mol. The number of nitrogens with zero attached hydrogens (tertiary/aromatic N) is 1. The molecule has 0 amide bonds. The molecule has 0 atom stereocenters. The minimum absolute atomic E-state index is 0.940. The maximum atomic E-state index is 4.61. The summed E-state index contributed by atoms with van der Waals surface area (Å²) in [6.07, 6.45) is 1.80. The van der Waals surface area contributed by atoms with Crippen LogP contribution in [0, 0.1) is 12.1 Å². The molecule has 0 radical (unpaired) electrons. The SMILES string of the molecule is [Cl][Pt].[c-]1ccccc1-c1[c-]c(-c2ccccn2)ccc1. The summed E-state index contributed by atoms with van der Waals surface area (Å²) < 4.78 is 0. The summed E-state index contributed by atoms with van der Waals surface area (Å²) in [6, 6.07) is 26.5. The van der Waals surface area contributed by atoms with Crippen molar-refractivity contribution in [3.8, 4) is 22.4 Å². The van der Waals surface area contributed by atoms with Gasteiger partial charge in [0.25, 0.3) is 0 Å². The number of aromatic nitrogens is 1. The average Bonchev–Trinajstić information content (AvgIpc) is 2.58. The number of hydrogen-bond acceptors (Lipinski definition) is 1. The molecule has 0 N–H and O–H groups in total. The minimum Gasteiger partial charge on any atom is -0.295 e. The molecule has 0 saturated carbocycles. The first-order valence-electron chi connectivity index (χ1n) is 5.96. The molecule has 0 aliphatic rings. The van der Waals surface area contributed by atoms with Gasteiger partial charge in [0, 0.05) is 11.9 Å². The normalized spacial score (nSPS) is 9.55. The third-order valence-corrected chi connectivity index (χ3v) is 2.74. The van der Waals surface area contributed by atoms with Crippen LogP contribution in [0.3, 0.4) is 0 Å². The molecule has 1 nitrogen and oxygen atoms in total. The van der Waals surface area contributed by atoms with Gasteiger partial charge >= 0.3 is 28.2 Å². The van der Waals surface area contributed by atoms with Gasteiger partial charge < -0.3 is 0 Å². The van der Waals surface area contributed by atoms with Crippen molar-refractivity contribution in [2.75, 3.05) is 0 Å². The molecule has 1 aromatic heterocycles. The van der Waals surface area contributed by atoms with E-state index in [1.807, 2.05) is 60.7 Å². The van der Waals surface area contributed by atoms with Crippen molar-refractivity contribution in [2.24, 2.45) is 0 Å². The van der Waals surface area contributed by atoms with E-state index in [1.54, 1.807) is 25.0 Å². The molecule has 0 unspecified atom stereocenters. The van der Waals surface area contributed by atoms with Crippen molar-refractivity contribution in [1.29, 1.82) is 0 Å². The van der Waals surface area contributed by atoms with Crippen LogP contribution in [0.1, 0.15) is 0 Å². The van der Waals surface area contributed by atoms with E-state index in [0.717, 1.165) is 22.4 Å². The van der Waals surface area contributed by atoms with Gasteiger partial charge in [-0.05, 0) is 6.07 Å². The Morgan fingerprint density at radius 2 is 1.55 bits per heavy atom. The van der Waals surface area contributed by atoms with Crippen LogP contribution in [0.2, 0.25) is 0 Å². The summed E-state index contributed by atoms with van der Waals surface area (Å²) in [5.74, 6) is 0. The summed E-state index contributed by atoms with van der Waals surface area (Å²) >= 11 is 1.61. The van der Waals surface area contributed by atoms with E-state index in [-0.39, 0.29) is 0 Å². The van der Waals surface area contributed by atoms with Crippen molar-refractivity contribution in [3.05, 3.63) is 79.0 Å². The molecule has 0 saturated heterocycles. The summed E-state index contributed by atoms with van der Waals surface area (Å²) in [4.78, 5) is 4.34. The molecule has 3 heteroatoms. The molecule has 1 heterocycles. The Hall–Kier alpha value is -1.43. The van der Waals surface area contributed by atoms with Crippen LogP contribution in [-0.4, -0.2) is 4.98 Å². The third kappa shape index (κ3) is 3.79. The van der Waals surface area contributed by atoms with Crippen LogP contribution in [0.15, 0.2) is 66.9 Å². The van der Waals surface area contributed by atoms with Gasteiger partial charge in [-0.3, -0.25) is 4.98 Å². The quantitative estimate of drug-likeness (QED) is 0.506. The van der Waals surface area contributed by atoms with E-state index in [4.69, 9.17) is 0 Å². The van der Waals surface area contributed by atoms with Crippen LogP contribution in [-0.2, 0) is 18.8 Å². The molecule has 0 aliphatic carbocycles. The van der Waals surface area contributed by atoms with Crippen LogP contribution in [0.25, 0.3) is 22.4 Å². The molecular formula is C17H11ClNPt-2. The zero-order chi connectivity index (χ0) is 14.2. The van der Waals surface area contributed by atoms with Gasteiger partial charge in [0.1, 0.15) is 0 Å². The zero-order valence-corrected chi connectivity index (χ0v) is 13.5. The maximum Gasteiger partial charge on any atom is 0.0183 e. The van der Waals surface area contributed by atoms with E-state index in [1.165, 1.54) is 0 Å². The smallest absolute Gasteiger partial charge is 0.0183 e. The Kier molecular flexibility index (Phi) is 5.98. The van der Waals surface area contributed by atoms with Gasteiger partial charge in [0.2, 0.25) is 0 Å². The second kappa shape index (κ2) is 7.99. The Morgan fingerprint density at radius 1 is 0.800 bits per heavy atom. The fourth-order valence-electron chi connectivity index (χ4n) is 1.86. The van der Waals surface area contributed by atoms with E-state index < -0.39 is 0 Å². The molecule has 0 aliphatic heterocycles. The molecule has 0 spiro atoms. The second-order valence-corrected chi connectivity index (χ2v) is 3.97. The molecule has 20 heavy (non-hydrogen) atoms. The Bertz CT molecular complexity index is 587. The molecule has 3 aromatic rings. The average molecular weight is 460 g/mol. The topological polar surface area (TPSA) is 12.9 Å². The van der Waals surface area contributed by atoms with E-state index in [0.29, 0.717) is 0 Å². The van der Waals surface area contributed by atoms with Gasteiger partial charge in [0.15, 0.2) is 0 Å². The summed E-state index contributed by atoms with van der Waals surface area (Å²) in [5.41, 5.74) is 4.04. The fourth-order valence-corrected chi connectivity index (χ4v) is 1.86. The van der Waals surface area contributed by atoms with Crippen LogP contribution in [0.5, 0.6) is 0 Å². The molecular weight excluding hydrogens is 449 g/mol. The first kappa shape index (κ1) is 15.0. The summed E-state index contributed by atoms with van der Waals surface area (Å²) in [5, 5.41) is 0. The monoisotopic (exact) mass is 459 g/mol. The van der Waals surface area contributed by atoms with Crippen molar-refractivity contribution >= 4 is 9.42 Å². The fraction of sp³-hybridized carbons (Fsp3) is 0. The summed E-state index contributed by atoms with van der Waals surface area (Å²) in [7, 11) is 4.61.